The lowest BCUT2D eigenvalue weighted by Crippen LogP contribution is -2.04. The van der Waals surface area contributed by atoms with Crippen LogP contribution in [0.4, 0.5) is 11.5 Å². The number of rotatable bonds is 6. The van der Waals surface area contributed by atoms with E-state index in [2.05, 4.69) is 52.7 Å². The highest BCUT2D eigenvalue weighted by atomic mass is 32.1. The van der Waals surface area contributed by atoms with E-state index in [1.54, 1.807) is 17.7 Å². The van der Waals surface area contributed by atoms with E-state index in [1.165, 1.54) is 47.9 Å². The molecule has 31 heavy (non-hydrogen) atoms. The Kier molecular flexibility index (Phi) is 5.60. The molecule has 0 spiro atoms. The van der Waals surface area contributed by atoms with Crippen LogP contribution in [0.5, 0.6) is 5.75 Å². The fourth-order valence-electron chi connectivity index (χ4n) is 4.12. The minimum absolute atomic E-state index is 0.507. The maximum Gasteiger partial charge on any atom is 0.143 e. The molecular weight excluding hydrogens is 402 g/mol. The van der Waals surface area contributed by atoms with Crippen LogP contribution in [0.1, 0.15) is 37.8 Å². The van der Waals surface area contributed by atoms with Crippen molar-refractivity contribution in [2.45, 2.75) is 39.5 Å². The van der Waals surface area contributed by atoms with Crippen molar-refractivity contribution in [1.29, 1.82) is 0 Å². The molecule has 1 aliphatic rings. The van der Waals surface area contributed by atoms with Gasteiger partial charge in [-0.3, -0.25) is 0 Å². The number of hydrogen-bond donors (Lipinski definition) is 1. The molecule has 4 aromatic rings. The van der Waals surface area contributed by atoms with E-state index in [0.29, 0.717) is 5.92 Å². The number of aromatic nitrogens is 2. The van der Waals surface area contributed by atoms with Gasteiger partial charge in [-0.05, 0) is 72.6 Å². The number of benzene rings is 2. The first kappa shape index (κ1) is 20.0. The number of ether oxygens (including phenoxy) is 1. The van der Waals surface area contributed by atoms with Crippen LogP contribution in [0.25, 0.3) is 21.3 Å². The highest BCUT2D eigenvalue weighted by Gasteiger charge is 2.16. The number of hydrogen-bond acceptors (Lipinski definition) is 5. The van der Waals surface area contributed by atoms with Gasteiger partial charge in [0.05, 0.1) is 12.0 Å². The lowest BCUT2D eigenvalue weighted by atomic mass is 9.89. The van der Waals surface area contributed by atoms with Crippen molar-refractivity contribution in [2.24, 2.45) is 5.92 Å². The number of aryl methyl sites for hydroxylation is 2. The van der Waals surface area contributed by atoms with Gasteiger partial charge in [0.2, 0.25) is 0 Å². The van der Waals surface area contributed by atoms with Gasteiger partial charge in [-0.25, -0.2) is 9.97 Å². The molecule has 1 N–H and O–H groups in total. The summed E-state index contributed by atoms with van der Waals surface area (Å²) < 4.78 is 5.80. The molecule has 0 saturated carbocycles. The van der Waals surface area contributed by atoms with Crippen molar-refractivity contribution in [3.63, 3.8) is 0 Å². The fraction of sp³-hybridized carbons (Fsp3) is 0.308. The molecule has 0 amide bonds. The van der Waals surface area contributed by atoms with Crippen LogP contribution in [-0.4, -0.2) is 16.6 Å². The predicted octanol–water partition coefficient (Wildman–Crippen LogP) is 7.02. The van der Waals surface area contributed by atoms with Crippen LogP contribution in [0.2, 0.25) is 0 Å². The minimum Gasteiger partial charge on any atom is -0.493 e. The Bertz CT molecular complexity index is 1200. The van der Waals surface area contributed by atoms with Crippen LogP contribution in [0, 0.1) is 5.92 Å². The van der Waals surface area contributed by atoms with E-state index >= 15 is 0 Å². The predicted molar refractivity (Wildman–Crippen MR) is 130 cm³/mol. The smallest absolute Gasteiger partial charge is 0.143 e. The molecule has 0 fully saturated rings. The van der Waals surface area contributed by atoms with E-state index in [9.17, 15) is 0 Å². The largest absolute Gasteiger partial charge is 0.493 e. The molecule has 1 aliphatic carbocycles. The van der Waals surface area contributed by atoms with Gasteiger partial charge < -0.3 is 10.1 Å². The molecule has 0 atom stereocenters. The summed E-state index contributed by atoms with van der Waals surface area (Å²) in [5.74, 6) is 2.24. The van der Waals surface area contributed by atoms with E-state index in [0.717, 1.165) is 34.1 Å². The number of nitrogens with one attached hydrogen (secondary N) is 1. The SMILES string of the molecule is CC(C)COc1ccc(Nc2ncnc3scc(-c4ccc5c(c4)CCCC5)c23)cc1. The normalized spacial score (nSPS) is 13.4. The third-order valence-corrected chi connectivity index (χ3v) is 6.62. The lowest BCUT2D eigenvalue weighted by molar-refractivity contribution is 0.271. The van der Waals surface area contributed by atoms with Gasteiger partial charge in [0, 0.05) is 16.6 Å². The highest BCUT2D eigenvalue weighted by molar-refractivity contribution is 7.17. The lowest BCUT2D eigenvalue weighted by Gasteiger charge is -2.16. The molecule has 4 nitrogen and oxygen atoms in total. The van der Waals surface area contributed by atoms with Crippen molar-refractivity contribution in [1.82, 2.24) is 9.97 Å². The monoisotopic (exact) mass is 429 g/mol. The van der Waals surface area contributed by atoms with Crippen molar-refractivity contribution in [2.75, 3.05) is 11.9 Å². The van der Waals surface area contributed by atoms with Gasteiger partial charge in [0.25, 0.3) is 0 Å². The van der Waals surface area contributed by atoms with Crippen molar-refractivity contribution in [3.8, 4) is 16.9 Å². The average molecular weight is 430 g/mol. The van der Waals surface area contributed by atoms with Crippen molar-refractivity contribution >= 4 is 33.1 Å². The quantitative estimate of drug-likeness (QED) is 0.358. The minimum atomic E-state index is 0.507. The van der Waals surface area contributed by atoms with E-state index < -0.39 is 0 Å². The van der Waals surface area contributed by atoms with Crippen LogP contribution in [-0.2, 0) is 12.8 Å². The Morgan fingerprint density at radius 1 is 1.00 bits per heavy atom. The first-order chi connectivity index (χ1) is 15.2. The molecular formula is C26H27N3OS. The summed E-state index contributed by atoms with van der Waals surface area (Å²) in [6, 6.07) is 15.0. The second-order valence-electron chi connectivity index (χ2n) is 8.60. The van der Waals surface area contributed by atoms with Gasteiger partial charge in [0.15, 0.2) is 0 Å². The summed E-state index contributed by atoms with van der Waals surface area (Å²) >= 11 is 1.67. The topological polar surface area (TPSA) is 47.0 Å². The molecule has 0 unspecified atom stereocenters. The van der Waals surface area contributed by atoms with Gasteiger partial charge in [-0.2, -0.15) is 0 Å². The summed E-state index contributed by atoms with van der Waals surface area (Å²) in [5.41, 5.74) is 6.44. The maximum atomic E-state index is 5.80. The second kappa shape index (κ2) is 8.67. The summed E-state index contributed by atoms with van der Waals surface area (Å²) in [5, 5.41) is 6.79. The molecule has 0 saturated heterocycles. The zero-order valence-corrected chi connectivity index (χ0v) is 18.8. The number of thiophene rings is 1. The van der Waals surface area contributed by atoms with Gasteiger partial charge >= 0.3 is 0 Å². The Balaban J connectivity index is 1.46. The van der Waals surface area contributed by atoms with Gasteiger partial charge in [0.1, 0.15) is 22.7 Å². The molecule has 2 aromatic carbocycles. The van der Waals surface area contributed by atoms with Crippen LogP contribution < -0.4 is 10.1 Å². The standard InChI is InChI=1S/C26H27N3OS/c1-17(2)14-30-22-11-9-21(10-12-22)29-25-24-23(15-31-26(24)28-16-27-25)20-8-7-18-5-3-4-6-19(18)13-20/h7-13,15-17H,3-6,14H2,1-2H3,(H,27,28,29). The molecule has 5 rings (SSSR count). The molecule has 0 aliphatic heterocycles. The van der Waals surface area contributed by atoms with E-state index in [1.807, 2.05) is 24.3 Å². The maximum absolute atomic E-state index is 5.80. The van der Waals surface area contributed by atoms with Crippen molar-refractivity contribution in [3.05, 3.63) is 65.3 Å². The molecule has 0 radical (unpaired) electrons. The van der Waals surface area contributed by atoms with Crippen LogP contribution in [0.15, 0.2) is 54.2 Å². The zero-order valence-electron chi connectivity index (χ0n) is 18.0. The first-order valence-corrected chi connectivity index (χ1v) is 11.9. The number of fused-ring (bicyclic) bond motifs is 2. The summed E-state index contributed by atoms with van der Waals surface area (Å²) in [6.07, 6.45) is 6.60. The van der Waals surface area contributed by atoms with Crippen LogP contribution in [0.3, 0.4) is 0 Å². The second-order valence-corrected chi connectivity index (χ2v) is 9.45. The Morgan fingerprint density at radius 2 is 1.81 bits per heavy atom. The van der Waals surface area contributed by atoms with E-state index in [-0.39, 0.29) is 0 Å². The Labute approximate surface area is 187 Å². The van der Waals surface area contributed by atoms with Gasteiger partial charge in [-0.1, -0.05) is 32.0 Å². The van der Waals surface area contributed by atoms with Crippen molar-refractivity contribution < 1.29 is 4.74 Å². The zero-order chi connectivity index (χ0) is 21.2. The first-order valence-electron chi connectivity index (χ1n) is 11.0. The summed E-state index contributed by atoms with van der Waals surface area (Å²) in [7, 11) is 0. The molecule has 2 heterocycles. The molecule has 5 heteroatoms. The number of nitrogens with zero attached hydrogens (tertiary/aromatic N) is 2. The third kappa shape index (κ3) is 4.28. The fourth-order valence-corrected chi connectivity index (χ4v) is 5.03. The number of anilines is 2. The van der Waals surface area contributed by atoms with Gasteiger partial charge in [-0.15, -0.1) is 11.3 Å². The summed E-state index contributed by atoms with van der Waals surface area (Å²) in [4.78, 5) is 10.1. The van der Waals surface area contributed by atoms with E-state index in [4.69, 9.17) is 4.74 Å². The average Bonchev–Trinajstić information content (AvgIpc) is 3.23. The Morgan fingerprint density at radius 3 is 2.61 bits per heavy atom. The Hall–Kier alpha value is -2.92. The van der Waals surface area contributed by atoms with Crippen LogP contribution >= 0.6 is 11.3 Å². The molecule has 2 aromatic heterocycles. The summed E-state index contributed by atoms with van der Waals surface area (Å²) in [6.45, 7) is 5.02. The molecule has 158 valence electrons. The third-order valence-electron chi connectivity index (χ3n) is 5.73. The highest BCUT2D eigenvalue weighted by Crippen LogP contribution is 2.38. The molecule has 0 bridgehead atoms.